The van der Waals surface area contributed by atoms with Gasteiger partial charge in [0.05, 0.1) is 6.04 Å². The number of benzene rings is 3. The van der Waals surface area contributed by atoms with Gasteiger partial charge in [0.1, 0.15) is 0 Å². The van der Waals surface area contributed by atoms with Gasteiger partial charge in [0, 0.05) is 18.2 Å². The minimum absolute atomic E-state index is 0.332. The van der Waals surface area contributed by atoms with Crippen LogP contribution >= 0.6 is 0 Å². The summed E-state index contributed by atoms with van der Waals surface area (Å²) < 4.78 is 0. The van der Waals surface area contributed by atoms with Gasteiger partial charge >= 0.3 is 0 Å². The third kappa shape index (κ3) is 3.85. The van der Waals surface area contributed by atoms with E-state index in [0.717, 1.165) is 0 Å². The van der Waals surface area contributed by atoms with Crippen LogP contribution < -0.4 is 0 Å². The first-order chi connectivity index (χ1) is 14.8. The molecule has 30 heavy (non-hydrogen) atoms. The summed E-state index contributed by atoms with van der Waals surface area (Å²) in [5.41, 5.74) is 5.30. The molecule has 0 unspecified atom stereocenters. The minimum atomic E-state index is 0.332. The lowest BCUT2D eigenvalue weighted by molar-refractivity contribution is 0.0215. The fraction of sp³-hybridized carbons (Fsp3) is 0.321. The molecular weight excluding hydrogens is 364 g/mol. The van der Waals surface area contributed by atoms with Crippen molar-refractivity contribution in [3.05, 3.63) is 107 Å². The summed E-state index contributed by atoms with van der Waals surface area (Å²) >= 11 is 0. The van der Waals surface area contributed by atoms with Crippen molar-refractivity contribution in [2.24, 2.45) is 10.9 Å². The molecule has 3 fully saturated rings. The van der Waals surface area contributed by atoms with Gasteiger partial charge in [-0.1, -0.05) is 90.5 Å². The Balaban J connectivity index is 1.55. The second-order valence-corrected chi connectivity index (χ2v) is 8.85. The van der Waals surface area contributed by atoms with E-state index in [1.54, 1.807) is 0 Å². The SMILES string of the molecule is Cc1cccc(/C=N/[C@@H]2C3CCN(CC3)[C@H]2C(c2ccccc2)c2ccccc2)c1. The Labute approximate surface area is 180 Å². The number of aryl methyl sites for hydroxylation is 1. The first-order valence-electron chi connectivity index (χ1n) is 11.2. The predicted octanol–water partition coefficient (Wildman–Crippen LogP) is 5.71. The summed E-state index contributed by atoms with van der Waals surface area (Å²) in [6, 6.07) is 31.5. The van der Waals surface area contributed by atoms with Gasteiger partial charge < -0.3 is 0 Å². The molecule has 2 nitrogen and oxygen atoms in total. The number of rotatable bonds is 5. The van der Waals surface area contributed by atoms with Gasteiger partial charge in [0.2, 0.25) is 0 Å². The maximum Gasteiger partial charge on any atom is 0.0693 e. The molecule has 6 rings (SSSR count). The summed E-state index contributed by atoms with van der Waals surface area (Å²) in [6.07, 6.45) is 4.66. The summed E-state index contributed by atoms with van der Waals surface area (Å²) in [5.74, 6) is 1.02. The largest absolute Gasteiger partial charge is 0.297 e. The molecule has 2 atom stereocenters. The molecular formula is C28H30N2. The van der Waals surface area contributed by atoms with Crippen molar-refractivity contribution in [1.29, 1.82) is 0 Å². The summed E-state index contributed by atoms with van der Waals surface area (Å²) in [7, 11) is 0. The lowest BCUT2D eigenvalue weighted by Crippen LogP contribution is -2.59. The highest BCUT2D eigenvalue weighted by atomic mass is 15.2. The molecule has 3 aliphatic rings. The number of nitrogens with zero attached hydrogens (tertiary/aromatic N) is 2. The van der Waals surface area contributed by atoms with Crippen LogP contribution in [-0.4, -0.2) is 36.3 Å². The van der Waals surface area contributed by atoms with Crippen molar-refractivity contribution in [3.63, 3.8) is 0 Å². The van der Waals surface area contributed by atoms with E-state index in [0.29, 0.717) is 23.9 Å². The van der Waals surface area contributed by atoms with Crippen LogP contribution in [0.5, 0.6) is 0 Å². The van der Waals surface area contributed by atoms with Crippen LogP contribution in [0.4, 0.5) is 0 Å². The third-order valence-electron chi connectivity index (χ3n) is 6.93. The van der Waals surface area contributed by atoms with Crippen LogP contribution in [0.2, 0.25) is 0 Å². The second-order valence-electron chi connectivity index (χ2n) is 8.85. The zero-order valence-electron chi connectivity index (χ0n) is 17.7. The number of hydrogen-bond donors (Lipinski definition) is 0. The van der Waals surface area contributed by atoms with Crippen molar-refractivity contribution >= 4 is 6.21 Å². The molecule has 0 radical (unpaired) electrons. The number of hydrogen-bond acceptors (Lipinski definition) is 2. The Bertz CT molecular complexity index is 948. The smallest absolute Gasteiger partial charge is 0.0693 e. The van der Waals surface area contributed by atoms with E-state index in [9.17, 15) is 0 Å². The monoisotopic (exact) mass is 394 g/mol. The minimum Gasteiger partial charge on any atom is -0.297 e. The lowest BCUT2D eigenvalue weighted by atomic mass is 9.71. The molecule has 152 valence electrons. The van der Waals surface area contributed by atoms with Crippen LogP contribution in [0, 0.1) is 12.8 Å². The van der Waals surface area contributed by atoms with Crippen molar-refractivity contribution in [2.45, 2.75) is 37.8 Å². The predicted molar refractivity (Wildman–Crippen MR) is 125 cm³/mol. The lowest BCUT2D eigenvalue weighted by Gasteiger charge is -2.52. The fourth-order valence-electron chi connectivity index (χ4n) is 5.50. The quantitative estimate of drug-likeness (QED) is 0.506. The third-order valence-corrected chi connectivity index (χ3v) is 6.93. The van der Waals surface area contributed by atoms with Crippen molar-refractivity contribution in [3.8, 4) is 0 Å². The van der Waals surface area contributed by atoms with Gasteiger partial charge in [-0.15, -0.1) is 0 Å². The Kier molecular flexibility index (Phi) is 5.50. The normalized spacial score (nSPS) is 25.8. The fourth-order valence-corrected chi connectivity index (χ4v) is 5.50. The standard InChI is InChI=1S/C28H30N2/c1-21-9-8-10-22(19-21)20-29-27-25-15-17-30(18-16-25)28(27)26(23-11-4-2-5-12-23)24-13-6-3-7-14-24/h2-14,19-20,25-28H,15-18H2,1H3/b29-20+/t27-,28+/m1/s1. The van der Waals surface area contributed by atoms with Gasteiger partial charge in [-0.3, -0.25) is 9.89 Å². The molecule has 3 aliphatic heterocycles. The van der Waals surface area contributed by atoms with Gasteiger partial charge in [-0.2, -0.15) is 0 Å². The highest BCUT2D eigenvalue weighted by Gasteiger charge is 2.46. The van der Waals surface area contributed by atoms with Gasteiger partial charge in [-0.25, -0.2) is 0 Å². The van der Waals surface area contributed by atoms with Crippen molar-refractivity contribution in [1.82, 2.24) is 4.90 Å². The van der Waals surface area contributed by atoms with E-state index in [-0.39, 0.29) is 0 Å². The maximum atomic E-state index is 5.26. The molecule has 2 heteroatoms. The van der Waals surface area contributed by atoms with Gasteiger partial charge in [-0.05, 0) is 55.5 Å². The van der Waals surface area contributed by atoms with E-state index < -0.39 is 0 Å². The molecule has 3 heterocycles. The molecule has 0 aliphatic carbocycles. The van der Waals surface area contributed by atoms with Crippen LogP contribution in [0.15, 0.2) is 89.9 Å². The average Bonchev–Trinajstić information content (AvgIpc) is 2.81. The van der Waals surface area contributed by atoms with Gasteiger partial charge in [0.25, 0.3) is 0 Å². The zero-order valence-corrected chi connectivity index (χ0v) is 17.7. The molecule has 3 aromatic carbocycles. The highest BCUT2D eigenvalue weighted by molar-refractivity contribution is 5.80. The summed E-state index contributed by atoms with van der Waals surface area (Å²) in [6.45, 7) is 4.54. The van der Waals surface area contributed by atoms with E-state index in [4.69, 9.17) is 4.99 Å². The molecule has 0 amide bonds. The molecule has 0 aromatic heterocycles. The second kappa shape index (κ2) is 8.57. The van der Waals surface area contributed by atoms with Crippen LogP contribution in [0.1, 0.15) is 41.0 Å². The molecule has 0 spiro atoms. The summed E-state index contributed by atoms with van der Waals surface area (Å²) in [5, 5.41) is 0. The van der Waals surface area contributed by atoms with E-state index >= 15 is 0 Å². The molecule has 3 saturated heterocycles. The number of aliphatic imine (C=N–C) groups is 1. The zero-order chi connectivity index (χ0) is 20.3. The van der Waals surface area contributed by atoms with Crippen molar-refractivity contribution in [2.75, 3.05) is 13.1 Å². The molecule has 0 saturated carbocycles. The Morgan fingerprint density at radius 2 is 1.47 bits per heavy atom. The first-order valence-corrected chi connectivity index (χ1v) is 11.2. The van der Waals surface area contributed by atoms with Gasteiger partial charge in [0.15, 0.2) is 0 Å². The Morgan fingerprint density at radius 3 is 2.07 bits per heavy atom. The molecule has 3 aromatic rings. The molecule has 2 bridgehead atoms. The van der Waals surface area contributed by atoms with Crippen LogP contribution in [0.3, 0.4) is 0 Å². The molecule has 0 N–H and O–H groups in total. The highest BCUT2D eigenvalue weighted by Crippen LogP contribution is 2.43. The van der Waals surface area contributed by atoms with E-state index in [1.807, 2.05) is 0 Å². The van der Waals surface area contributed by atoms with Crippen molar-refractivity contribution < 1.29 is 0 Å². The summed E-state index contributed by atoms with van der Waals surface area (Å²) in [4.78, 5) is 7.98. The average molecular weight is 395 g/mol. The van der Waals surface area contributed by atoms with Crippen LogP contribution in [0.25, 0.3) is 0 Å². The van der Waals surface area contributed by atoms with E-state index in [1.165, 1.54) is 48.2 Å². The number of piperidine rings is 3. The van der Waals surface area contributed by atoms with Crippen LogP contribution in [-0.2, 0) is 0 Å². The Hall–Kier alpha value is -2.71. The van der Waals surface area contributed by atoms with E-state index in [2.05, 4.69) is 103 Å². The Morgan fingerprint density at radius 1 is 0.833 bits per heavy atom. The first kappa shape index (κ1) is 19.3. The topological polar surface area (TPSA) is 15.6 Å². The maximum absolute atomic E-state index is 5.26. The number of fused-ring (bicyclic) bond motifs is 3.